The molecular weight excluding hydrogens is 170 g/mol. The first kappa shape index (κ1) is 10.4. The standard InChI is InChI=1S/C9H19NOS/c1-3-9(11)7-10-4-5-12-8(2)6-10/h8-9,11H,3-7H2,1-2H3/t8?,9-/m0/s1. The highest BCUT2D eigenvalue weighted by molar-refractivity contribution is 7.99. The SMILES string of the molecule is CC[C@H](O)CN1CCSC(C)C1. The quantitative estimate of drug-likeness (QED) is 0.721. The third-order valence-electron chi connectivity index (χ3n) is 2.27. The molecule has 0 aromatic heterocycles. The molecule has 2 nitrogen and oxygen atoms in total. The fourth-order valence-electron chi connectivity index (χ4n) is 1.48. The molecule has 1 heterocycles. The first-order chi connectivity index (χ1) is 5.72. The summed E-state index contributed by atoms with van der Waals surface area (Å²) in [5.41, 5.74) is 0. The van der Waals surface area contributed by atoms with Crippen LogP contribution in [0.15, 0.2) is 0 Å². The van der Waals surface area contributed by atoms with Gasteiger partial charge >= 0.3 is 0 Å². The highest BCUT2D eigenvalue weighted by Crippen LogP contribution is 2.17. The van der Waals surface area contributed by atoms with Gasteiger partial charge in [-0.05, 0) is 6.42 Å². The van der Waals surface area contributed by atoms with E-state index in [1.54, 1.807) is 0 Å². The molecule has 0 amide bonds. The first-order valence-corrected chi connectivity index (χ1v) is 5.79. The third-order valence-corrected chi connectivity index (χ3v) is 3.40. The molecule has 1 aliphatic rings. The van der Waals surface area contributed by atoms with Crippen molar-refractivity contribution in [2.45, 2.75) is 31.6 Å². The van der Waals surface area contributed by atoms with E-state index >= 15 is 0 Å². The number of aliphatic hydroxyl groups excluding tert-OH is 1. The van der Waals surface area contributed by atoms with E-state index in [9.17, 15) is 5.11 Å². The summed E-state index contributed by atoms with van der Waals surface area (Å²) in [4.78, 5) is 2.37. The highest BCUT2D eigenvalue weighted by Gasteiger charge is 2.17. The van der Waals surface area contributed by atoms with Gasteiger partial charge in [-0.25, -0.2) is 0 Å². The Balaban J connectivity index is 2.22. The van der Waals surface area contributed by atoms with Crippen LogP contribution in [0.2, 0.25) is 0 Å². The van der Waals surface area contributed by atoms with Gasteiger partial charge in [0.25, 0.3) is 0 Å². The van der Waals surface area contributed by atoms with Gasteiger partial charge in [0.15, 0.2) is 0 Å². The lowest BCUT2D eigenvalue weighted by Crippen LogP contribution is -2.41. The van der Waals surface area contributed by atoms with Crippen molar-refractivity contribution in [3.05, 3.63) is 0 Å². The van der Waals surface area contributed by atoms with Crippen LogP contribution in [-0.4, -0.2) is 46.7 Å². The average molecular weight is 189 g/mol. The van der Waals surface area contributed by atoms with Crippen LogP contribution >= 0.6 is 11.8 Å². The molecule has 0 saturated carbocycles. The Kier molecular flexibility index (Phi) is 4.40. The number of hydrogen-bond donors (Lipinski definition) is 1. The Morgan fingerprint density at radius 3 is 3.00 bits per heavy atom. The van der Waals surface area contributed by atoms with Gasteiger partial charge in [-0.15, -0.1) is 0 Å². The minimum absolute atomic E-state index is 0.125. The molecule has 1 unspecified atom stereocenters. The second kappa shape index (κ2) is 5.10. The zero-order chi connectivity index (χ0) is 8.97. The molecule has 1 rings (SSSR count). The molecule has 2 atom stereocenters. The Hall–Kier alpha value is 0.270. The number of β-amino-alcohol motifs (C(OH)–C–C–N with tert-alkyl or cyclic N) is 1. The maximum Gasteiger partial charge on any atom is 0.0664 e. The first-order valence-electron chi connectivity index (χ1n) is 4.74. The molecule has 1 saturated heterocycles. The van der Waals surface area contributed by atoms with E-state index in [1.165, 1.54) is 5.75 Å². The van der Waals surface area contributed by atoms with Gasteiger partial charge in [0, 0.05) is 30.6 Å². The third kappa shape index (κ3) is 3.33. The number of rotatable bonds is 3. The minimum Gasteiger partial charge on any atom is -0.392 e. The van der Waals surface area contributed by atoms with Crippen molar-refractivity contribution in [3.8, 4) is 0 Å². The van der Waals surface area contributed by atoms with Crippen LogP contribution in [-0.2, 0) is 0 Å². The van der Waals surface area contributed by atoms with Crippen LogP contribution in [0, 0.1) is 0 Å². The van der Waals surface area contributed by atoms with Crippen molar-refractivity contribution in [3.63, 3.8) is 0 Å². The molecular formula is C9H19NOS. The van der Waals surface area contributed by atoms with E-state index in [2.05, 4.69) is 11.8 Å². The summed E-state index contributed by atoms with van der Waals surface area (Å²) in [7, 11) is 0. The van der Waals surface area contributed by atoms with E-state index < -0.39 is 0 Å². The second-order valence-corrected chi connectivity index (χ2v) is 5.05. The molecule has 0 radical (unpaired) electrons. The van der Waals surface area contributed by atoms with Crippen LogP contribution in [0.4, 0.5) is 0 Å². The van der Waals surface area contributed by atoms with Crippen molar-refractivity contribution in [2.75, 3.05) is 25.4 Å². The number of hydrogen-bond acceptors (Lipinski definition) is 3. The summed E-state index contributed by atoms with van der Waals surface area (Å²) < 4.78 is 0. The van der Waals surface area contributed by atoms with Crippen LogP contribution < -0.4 is 0 Å². The van der Waals surface area contributed by atoms with Gasteiger partial charge in [-0.2, -0.15) is 11.8 Å². The maximum absolute atomic E-state index is 9.45. The van der Waals surface area contributed by atoms with E-state index in [0.717, 1.165) is 31.3 Å². The molecule has 0 aromatic carbocycles. The molecule has 0 bridgehead atoms. The maximum atomic E-state index is 9.45. The summed E-state index contributed by atoms with van der Waals surface area (Å²) in [6.45, 7) is 7.44. The van der Waals surface area contributed by atoms with Crippen LogP contribution in [0.1, 0.15) is 20.3 Å². The fraction of sp³-hybridized carbons (Fsp3) is 1.00. The van der Waals surface area contributed by atoms with Crippen molar-refractivity contribution < 1.29 is 5.11 Å². The molecule has 72 valence electrons. The smallest absolute Gasteiger partial charge is 0.0664 e. The summed E-state index contributed by atoms with van der Waals surface area (Å²) in [5, 5.41) is 10.2. The number of aliphatic hydroxyl groups is 1. The highest BCUT2D eigenvalue weighted by atomic mass is 32.2. The Morgan fingerprint density at radius 1 is 1.67 bits per heavy atom. The summed E-state index contributed by atoms with van der Waals surface area (Å²) >= 11 is 2.03. The molecule has 0 aliphatic carbocycles. The molecule has 1 N–H and O–H groups in total. The number of thioether (sulfide) groups is 1. The van der Waals surface area contributed by atoms with Crippen molar-refractivity contribution in [2.24, 2.45) is 0 Å². The van der Waals surface area contributed by atoms with Gasteiger partial charge in [0.1, 0.15) is 0 Å². The Labute approximate surface area is 79.3 Å². The predicted octanol–water partition coefficient (Wildman–Crippen LogP) is 1.19. The second-order valence-electron chi connectivity index (χ2n) is 3.50. The average Bonchev–Trinajstić information content (AvgIpc) is 2.04. The van der Waals surface area contributed by atoms with Gasteiger partial charge in [0.2, 0.25) is 0 Å². The Bertz CT molecular complexity index is 132. The summed E-state index contributed by atoms with van der Waals surface area (Å²) in [6.07, 6.45) is 0.748. The van der Waals surface area contributed by atoms with Crippen LogP contribution in [0.25, 0.3) is 0 Å². The molecule has 1 fully saturated rings. The van der Waals surface area contributed by atoms with E-state index in [1.807, 2.05) is 18.7 Å². The fourth-order valence-corrected chi connectivity index (χ4v) is 2.57. The lowest BCUT2D eigenvalue weighted by molar-refractivity contribution is 0.112. The summed E-state index contributed by atoms with van der Waals surface area (Å²) in [6, 6.07) is 0. The largest absolute Gasteiger partial charge is 0.392 e. The van der Waals surface area contributed by atoms with Gasteiger partial charge in [0.05, 0.1) is 6.10 Å². The topological polar surface area (TPSA) is 23.5 Å². The molecule has 3 heteroatoms. The lowest BCUT2D eigenvalue weighted by atomic mass is 10.2. The van der Waals surface area contributed by atoms with Crippen molar-refractivity contribution in [1.82, 2.24) is 4.90 Å². The minimum atomic E-state index is -0.125. The van der Waals surface area contributed by atoms with Crippen molar-refractivity contribution >= 4 is 11.8 Å². The molecule has 0 aromatic rings. The Morgan fingerprint density at radius 2 is 2.42 bits per heavy atom. The summed E-state index contributed by atoms with van der Waals surface area (Å²) in [5.74, 6) is 1.22. The predicted molar refractivity (Wildman–Crippen MR) is 54.7 cm³/mol. The molecule has 12 heavy (non-hydrogen) atoms. The van der Waals surface area contributed by atoms with Crippen molar-refractivity contribution in [1.29, 1.82) is 0 Å². The van der Waals surface area contributed by atoms with Gasteiger partial charge in [-0.3, -0.25) is 4.90 Å². The van der Waals surface area contributed by atoms with E-state index in [4.69, 9.17) is 0 Å². The number of nitrogens with zero attached hydrogens (tertiary/aromatic N) is 1. The molecule has 1 aliphatic heterocycles. The van der Waals surface area contributed by atoms with Crippen LogP contribution in [0.3, 0.4) is 0 Å². The van der Waals surface area contributed by atoms with Gasteiger partial charge < -0.3 is 5.11 Å². The van der Waals surface area contributed by atoms with Crippen LogP contribution in [0.5, 0.6) is 0 Å². The lowest BCUT2D eigenvalue weighted by Gasteiger charge is -2.31. The monoisotopic (exact) mass is 189 g/mol. The van der Waals surface area contributed by atoms with E-state index in [-0.39, 0.29) is 6.10 Å². The zero-order valence-corrected chi connectivity index (χ0v) is 8.81. The van der Waals surface area contributed by atoms with E-state index in [0.29, 0.717) is 0 Å². The molecule has 0 spiro atoms. The zero-order valence-electron chi connectivity index (χ0n) is 7.99. The normalized spacial score (nSPS) is 28.8. The van der Waals surface area contributed by atoms with Gasteiger partial charge in [-0.1, -0.05) is 13.8 Å².